The zero-order chi connectivity index (χ0) is 43.1. The van der Waals surface area contributed by atoms with Gasteiger partial charge in [-0.1, -0.05) is 167 Å². The summed E-state index contributed by atoms with van der Waals surface area (Å²) in [6.07, 6.45) is 0. The van der Waals surface area contributed by atoms with E-state index in [-0.39, 0.29) is 21.9 Å². The highest BCUT2D eigenvalue weighted by Gasteiger charge is 2.26. The minimum Gasteiger partial charge on any atom is -0.310 e. The molecule has 0 spiro atoms. The first-order chi connectivity index (χ1) is 30.7. The summed E-state index contributed by atoms with van der Waals surface area (Å²) < 4.78 is 4.32. The lowest BCUT2D eigenvalue weighted by atomic mass is 9.64. The van der Waals surface area contributed by atoms with Crippen LogP contribution in [0.5, 0.6) is 0 Å². The van der Waals surface area contributed by atoms with Crippen LogP contribution in [0.25, 0.3) is 99.5 Å². The SMILES string of the molecule is [B]c1c([B])c([B])c2c(c1[B])c1c([B])c(-c3ccc4c(c3)c3cc(-c5ccccc5)ccc3n4-c3ccccc3-c3ccccc3)c([B])c([B])c1n2-c1ccccc1-c1ccccc1. The van der Waals surface area contributed by atoms with E-state index in [0.717, 1.165) is 72.1 Å². The number of hydrogen-bond donors (Lipinski definition) is 0. The molecule has 2 heterocycles. The number of hydrogen-bond acceptors (Lipinski definition) is 0. The van der Waals surface area contributed by atoms with E-state index in [9.17, 15) is 0 Å². The van der Waals surface area contributed by atoms with Gasteiger partial charge in [0.2, 0.25) is 0 Å². The lowest BCUT2D eigenvalue weighted by Gasteiger charge is -2.21. The molecule has 0 aliphatic heterocycles. The van der Waals surface area contributed by atoms with Crippen molar-refractivity contribution in [3.8, 4) is 55.9 Å². The fourth-order valence-electron chi connectivity index (χ4n) is 9.55. The molecule has 0 saturated heterocycles. The standard InChI is InChI=1S/C54H29B7N2/c55-46-43(47(56)51(60)53-44(46)45-48(57)49(58)50(59)52(61)54(45)63(53)40-23-13-11-21-36(40)32-18-8-3-9-19-32)34-25-27-42-38(29-34)37-28-33(30-14-4-1-5-15-30)24-26-41(37)62(42)39-22-12-10-20-35(39)31-16-6-2-7-17-31/h1-29H. The molecule has 63 heavy (non-hydrogen) atoms. The Morgan fingerprint density at radius 3 is 1.25 bits per heavy atom. The molecule has 0 amide bonds. The van der Waals surface area contributed by atoms with Crippen LogP contribution in [-0.4, -0.2) is 64.1 Å². The maximum atomic E-state index is 7.45. The molecule has 0 saturated carbocycles. The predicted molar refractivity (Wildman–Crippen MR) is 275 cm³/mol. The van der Waals surface area contributed by atoms with E-state index < -0.39 is 0 Å². The van der Waals surface area contributed by atoms with Crippen molar-refractivity contribution in [2.45, 2.75) is 0 Å². The van der Waals surface area contributed by atoms with E-state index in [1.165, 1.54) is 0 Å². The second-order valence-electron chi connectivity index (χ2n) is 16.0. The van der Waals surface area contributed by atoms with Crippen LogP contribution in [0, 0.1) is 0 Å². The Labute approximate surface area is 375 Å². The van der Waals surface area contributed by atoms with Gasteiger partial charge >= 0.3 is 0 Å². The molecule has 9 heteroatoms. The van der Waals surface area contributed by atoms with Gasteiger partial charge in [-0.2, -0.15) is 0 Å². The number of benzene rings is 9. The van der Waals surface area contributed by atoms with Crippen molar-refractivity contribution in [1.82, 2.24) is 9.13 Å². The van der Waals surface area contributed by atoms with E-state index in [1.54, 1.807) is 0 Å². The summed E-state index contributed by atoms with van der Waals surface area (Å²) >= 11 is 0. The molecular formula is C54H29B7N2. The van der Waals surface area contributed by atoms with Crippen molar-refractivity contribution in [1.29, 1.82) is 0 Å². The van der Waals surface area contributed by atoms with E-state index in [4.69, 9.17) is 54.9 Å². The van der Waals surface area contributed by atoms with Gasteiger partial charge in [-0.3, -0.25) is 0 Å². The summed E-state index contributed by atoms with van der Waals surface area (Å²) in [6, 6.07) is 60.5. The highest BCUT2D eigenvalue weighted by molar-refractivity contribution is 6.69. The molecule has 14 radical (unpaired) electrons. The summed E-state index contributed by atoms with van der Waals surface area (Å²) in [5.74, 6) is 0. The zero-order valence-electron chi connectivity index (χ0n) is 34.2. The monoisotopic (exact) mass is 782 g/mol. The van der Waals surface area contributed by atoms with Crippen LogP contribution in [0.15, 0.2) is 176 Å². The third kappa shape index (κ3) is 5.97. The fourth-order valence-corrected chi connectivity index (χ4v) is 9.55. The van der Waals surface area contributed by atoms with Crippen molar-refractivity contribution in [2.24, 2.45) is 0 Å². The topological polar surface area (TPSA) is 9.86 Å². The van der Waals surface area contributed by atoms with Crippen molar-refractivity contribution in [3.05, 3.63) is 176 Å². The van der Waals surface area contributed by atoms with Gasteiger partial charge in [0, 0.05) is 38.3 Å². The maximum absolute atomic E-state index is 7.45. The molecule has 0 bridgehead atoms. The summed E-state index contributed by atoms with van der Waals surface area (Å²) in [6.45, 7) is 0. The quantitative estimate of drug-likeness (QED) is 0.181. The van der Waals surface area contributed by atoms with Crippen LogP contribution in [-0.2, 0) is 0 Å². The molecule has 0 N–H and O–H groups in total. The third-order valence-corrected chi connectivity index (χ3v) is 12.5. The van der Waals surface area contributed by atoms with Gasteiger partial charge in [-0.25, -0.2) is 0 Å². The molecule has 0 aliphatic carbocycles. The Morgan fingerprint density at radius 1 is 0.286 bits per heavy atom. The average molecular weight is 782 g/mol. The van der Waals surface area contributed by atoms with Gasteiger partial charge in [-0.05, 0) is 75.2 Å². The molecule has 0 atom stereocenters. The first-order valence-electron chi connectivity index (χ1n) is 20.7. The lowest BCUT2D eigenvalue weighted by Crippen LogP contribution is -2.48. The molecule has 2 nitrogen and oxygen atoms in total. The Balaban J connectivity index is 1.23. The molecule has 11 aromatic rings. The lowest BCUT2D eigenvalue weighted by molar-refractivity contribution is 1.18. The summed E-state index contributed by atoms with van der Waals surface area (Å²) in [4.78, 5) is 0. The minimum absolute atomic E-state index is 0.172. The van der Waals surface area contributed by atoms with Gasteiger partial charge in [0.15, 0.2) is 0 Å². The molecule has 11 rings (SSSR count). The molecular weight excluding hydrogens is 752 g/mol. The highest BCUT2D eigenvalue weighted by atomic mass is 15.0. The smallest absolute Gasteiger partial charge is 0.115 e. The van der Waals surface area contributed by atoms with Gasteiger partial charge < -0.3 is 9.13 Å². The maximum Gasteiger partial charge on any atom is 0.115 e. The van der Waals surface area contributed by atoms with Crippen LogP contribution in [0.4, 0.5) is 0 Å². The van der Waals surface area contributed by atoms with Crippen LogP contribution in [0.1, 0.15) is 0 Å². The van der Waals surface area contributed by atoms with Crippen molar-refractivity contribution in [2.75, 3.05) is 0 Å². The van der Waals surface area contributed by atoms with E-state index in [0.29, 0.717) is 43.8 Å². The second-order valence-corrected chi connectivity index (χ2v) is 16.0. The minimum atomic E-state index is 0.172. The number of para-hydroxylation sites is 2. The zero-order valence-corrected chi connectivity index (χ0v) is 34.2. The second kappa shape index (κ2) is 15.1. The normalized spacial score (nSPS) is 11.6. The van der Waals surface area contributed by atoms with Gasteiger partial charge in [0.1, 0.15) is 54.9 Å². The molecule has 0 aliphatic rings. The molecule has 0 fully saturated rings. The average Bonchev–Trinajstić information content (AvgIpc) is 3.86. The number of rotatable bonds is 6. The number of nitrogens with zero attached hydrogens (tertiary/aromatic N) is 2. The fraction of sp³-hybridized carbons (Fsp3) is 0. The van der Waals surface area contributed by atoms with Crippen LogP contribution in [0.2, 0.25) is 0 Å². The van der Waals surface area contributed by atoms with Crippen LogP contribution < -0.4 is 38.2 Å². The van der Waals surface area contributed by atoms with Crippen LogP contribution >= 0.6 is 0 Å². The van der Waals surface area contributed by atoms with Crippen LogP contribution in [0.3, 0.4) is 0 Å². The number of fused-ring (bicyclic) bond motifs is 6. The molecule has 2 aromatic heterocycles. The van der Waals surface area contributed by atoms with Crippen molar-refractivity contribution in [3.63, 3.8) is 0 Å². The summed E-state index contributed by atoms with van der Waals surface area (Å²) in [5.41, 5.74) is 14.6. The molecule has 0 unspecified atom stereocenters. The predicted octanol–water partition coefficient (Wildman–Crippen LogP) is 6.11. The molecule has 9 aromatic carbocycles. The van der Waals surface area contributed by atoms with Gasteiger partial charge in [0.05, 0.1) is 22.4 Å². The van der Waals surface area contributed by atoms with Crippen molar-refractivity contribution < 1.29 is 0 Å². The Hall–Kier alpha value is -6.97. The highest BCUT2D eigenvalue weighted by Crippen LogP contribution is 2.40. The first kappa shape index (κ1) is 38.9. The van der Waals surface area contributed by atoms with E-state index >= 15 is 0 Å². The van der Waals surface area contributed by atoms with Gasteiger partial charge in [-0.15, -0.1) is 10.9 Å². The molecule has 276 valence electrons. The summed E-state index contributed by atoms with van der Waals surface area (Å²) in [5, 5.41) is 3.21. The Bertz CT molecular complexity index is 3630. The summed E-state index contributed by atoms with van der Waals surface area (Å²) in [7, 11) is 49.1. The Morgan fingerprint density at radius 2 is 0.698 bits per heavy atom. The third-order valence-electron chi connectivity index (χ3n) is 12.5. The number of aromatic nitrogens is 2. The Kier molecular flexibility index (Phi) is 9.35. The van der Waals surface area contributed by atoms with Crippen molar-refractivity contribution >= 4 is 137 Å². The van der Waals surface area contributed by atoms with E-state index in [1.807, 2.05) is 59.2 Å². The van der Waals surface area contributed by atoms with Gasteiger partial charge in [0.25, 0.3) is 0 Å². The first-order valence-corrected chi connectivity index (χ1v) is 20.7. The largest absolute Gasteiger partial charge is 0.310 e. The van der Waals surface area contributed by atoms with E-state index in [2.05, 4.69) is 126 Å².